The van der Waals surface area contributed by atoms with E-state index in [2.05, 4.69) is 20.1 Å². The van der Waals surface area contributed by atoms with Crippen LogP contribution in [0.15, 0.2) is 29.4 Å². The summed E-state index contributed by atoms with van der Waals surface area (Å²) >= 11 is 11.9. The number of aryl methyl sites for hydroxylation is 2. The Bertz CT molecular complexity index is 854. The number of benzene rings is 1. The lowest BCUT2D eigenvalue weighted by molar-refractivity contribution is 0.847. The van der Waals surface area contributed by atoms with Gasteiger partial charge in [0.15, 0.2) is 10.8 Å². The zero-order valence-electron chi connectivity index (χ0n) is 11.4. The molecular weight excluding hydrogens is 309 g/mol. The first kappa shape index (κ1) is 14.0. The minimum absolute atomic E-state index is 0.0689. The van der Waals surface area contributed by atoms with E-state index < -0.39 is 0 Å². The molecule has 3 rings (SSSR count). The van der Waals surface area contributed by atoms with E-state index in [1.165, 1.54) is 5.56 Å². The van der Waals surface area contributed by atoms with Crippen LogP contribution in [0.3, 0.4) is 0 Å². The maximum absolute atomic E-state index is 6.02. The molecule has 0 spiro atoms. The average molecular weight is 320 g/mol. The van der Waals surface area contributed by atoms with Crippen LogP contribution in [0.1, 0.15) is 17.0 Å². The minimum atomic E-state index is 0.0689. The van der Waals surface area contributed by atoms with Crippen molar-refractivity contribution in [3.05, 3.63) is 51.7 Å². The van der Waals surface area contributed by atoms with E-state index in [0.717, 1.165) is 5.56 Å². The van der Waals surface area contributed by atoms with Crippen LogP contribution in [-0.2, 0) is 0 Å². The van der Waals surface area contributed by atoms with Crippen LogP contribution in [0.25, 0.3) is 11.2 Å². The summed E-state index contributed by atoms with van der Waals surface area (Å²) in [5.41, 5.74) is 3.13. The highest BCUT2D eigenvalue weighted by Gasteiger charge is 2.13. The molecule has 0 bridgehead atoms. The molecule has 5 nitrogen and oxygen atoms in total. The number of fused-ring (bicyclic) bond motifs is 1. The lowest BCUT2D eigenvalue weighted by atomic mass is 10.2. The molecule has 3 aromatic rings. The highest BCUT2D eigenvalue weighted by atomic mass is 35.5. The van der Waals surface area contributed by atoms with Crippen molar-refractivity contribution >= 4 is 40.6 Å². The maximum Gasteiger partial charge on any atom is 0.225 e. The summed E-state index contributed by atoms with van der Waals surface area (Å²) < 4.78 is 1.59. The third kappa shape index (κ3) is 2.75. The fraction of sp³-hybridized carbons (Fsp3) is 0.143. The van der Waals surface area contributed by atoms with Crippen LogP contribution in [0.5, 0.6) is 0 Å². The molecule has 0 amide bonds. The Kier molecular flexibility index (Phi) is 3.61. The van der Waals surface area contributed by atoms with E-state index in [1.807, 2.05) is 38.1 Å². The summed E-state index contributed by atoms with van der Waals surface area (Å²) in [5.74, 6) is 0.660. The number of imidazole rings is 1. The van der Waals surface area contributed by atoms with Crippen molar-refractivity contribution in [2.75, 3.05) is 0 Å². The number of aromatic nitrogens is 4. The SMILES string of the molecule is Cc1cccc(C=Nn2c(C)nc3c(Cl)nc(Cl)nc32)c1. The van der Waals surface area contributed by atoms with Gasteiger partial charge in [0.25, 0.3) is 0 Å². The van der Waals surface area contributed by atoms with Gasteiger partial charge in [-0.2, -0.15) is 14.8 Å². The second-order valence-electron chi connectivity index (χ2n) is 4.59. The molecule has 0 saturated heterocycles. The van der Waals surface area contributed by atoms with Crippen LogP contribution in [-0.4, -0.2) is 25.8 Å². The summed E-state index contributed by atoms with van der Waals surface area (Å²) in [5, 5.41) is 4.70. The van der Waals surface area contributed by atoms with Gasteiger partial charge in [-0.15, -0.1) is 0 Å². The monoisotopic (exact) mass is 319 g/mol. The first-order valence-corrected chi connectivity index (χ1v) is 6.99. The van der Waals surface area contributed by atoms with E-state index in [1.54, 1.807) is 10.9 Å². The van der Waals surface area contributed by atoms with Crippen molar-refractivity contribution < 1.29 is 0 Å². The molecule has 0 N–H and O–H groups in total. The van der Waals surface area contributed by atoms with Crippen LogP contribution >= 0.6 is 23.2 Å². The quantitative estimate of drug-likeness (QED) is 0.411. The number of hydrogen-bond donors (Lipinski definition) is 0. The topological polar surface area (TPSA) is 56.0 Å². The molecule has 106 valence electrons. The van der Waals surface area contributed by atoms with Crippen molar-refractivity contribution in [3.8, 4) is 0 Å². The number of rotatable bonds is 2. The second-order valence-corrected chi connectivity index (χ2v) is 5.28. The zero-order valence-corrected chi connectivity index (χ0v) is 12.9. The van der Waals surface area contributed by atoms with E-state index in [9.17, 15) is 0 Å². The Morgan fingerprint density at radius 2 is 1.95 bits per heavy atom. The van der Waals surface area contributed by atoms with Crippen molar-refractivity contribution in [1.29, 1.82) is 0 Å². The zero-order chi connectivity index (χ0) is 15.0. The molecule has 0 radical (unpaired) electrons. The Morgan fingerprint density at radius 1 is 1.14 bits per heavy atom. The molecule has 0 aliphatic carbocycles. The van der Waals surface area contributed by atoms with Gasteiger partial charge in [0.1, 0.15) is 11.3 Å². The van der Waals surface area contributed by atoms with E-state index in [0.29, 0.717) is 17.0 Å². The van der Waals surface area contributed by atoms with Crippen LogP contribution in [0.2, 0.25) is 10.4 Å². The van der Waals surface area contributed by atoms with Gasteiger partial charge >= 0.3 is 0 Å². The van der Waals surface area contributed by atoms with Gasteiger partial charge in [0.2, 0.25) is 5.28 Å². The van der Waals surface area contributed by atoms with Crippen LogP contribution in [0, 0.1) is 13.8 Å². The lowest BCUT2D eigenvalue weighted by Crippen LogP contribution is -1.96. The number of halogens is 2. The number of hydrogen-bond acceptors (Lipinski definition) is 4. The molecule has 2 aromatic heterocycles. The summed E-state index contributed by atoms with van der Waals surface area (Å²) in [7, 11) is 0. The van der Waals surface area contributed by atoms with Crippen molar-refractivity contribution in [3.63, 3.8) is 0 Å². The molecule has 0 unspecified atom stereocenters. The summed E-state index contributed by atoms with van der Waals surface area (Å²) in [6, 6.07) is 8.01. The standard InChI is InChI=1S/C14H11Cl2N5/c1-8-4-3-5-10(6-8)7-17-21-9(2)18-11-12(15)19-14(16)20-13(11)21/h3-7H,1-2H3. The molecule has 2 heterocycles. The Balaban J connectivity index is 2.10. The maximum atomic E-state index is 6.02. The van der Waals surface area contributed by atoms with Crippen molar-refractivity contribution in [1.82, 2.24) is 19.6 Å². The molecule has 0 atom stereocenters. The first-order chi connectivity index (χ1) is 10.0. The van der Waals surface area contributed by atoms with Gasteiger partial charge in [-0.3, -0.25) is 0 Å². The Morgan fingerprint density at radius 3 is 2.71 bits per heavy atom. The predicted molar refractivity (Wildman–Crippen MR) is 84.3 cm³/mol. The molecule has 0 aliphatic rings. The minimum Gasteiger partial charge on any atom is -0.226 e. The van der Waals surface area contributed by atoms with Gasteiger partial charge in [-0.05, 0) is 31.0 Å². The molecule has 0 fully saturated rings. The van der Waals surface area contributed by atoms with Crippen molar-refractivity contribution in [2.45, 2.75) is 13.8 Å². The van der Waals surface area contributed by atoms with Gasteiger partial charge in [-0.25, -0.2) is 9.97 Å². The third-order valence-electron chi connectivity index (χ3n) is 2.94. The molecule has 1 aromatic carbocycles. The smallest absolute Gasteiger partial charge is 0.225 e. The molecule has 0 saturated carbocycles. The summed E-state index contributed by atoms with van der Waals surface area (Å²) in [4.78, 5) is 12.3. The third-order valence-corrected chi connectivity index (χ3v) is 3.37. The van der Waals surface area contributed by atoms with Gasteiger partial charge in [-0.1, -0.05) is 41.4 Å². The highest BCUT2D eigenvalue weighted by Crippen LogP contribution is 2.22. The average Bonchev–Trinajstić information content (AvgIpc) is 2.73. The van der Waals surface area contributed by atoms with Crippen LogP contribution < -0.4 is 0 Å². The predicted octanol–water partition coefficient (Wildman–Crippen LogP) is 3.63. The van der Waals surface area contributed by atoms with Crippen LogP contribution in [0.4, 0.5) is 0 Å². The molecular formula is C14H11Cl2N5. The van der Waals surface area contributed by atoms with Gasteiger partial charge in [0, 0.05) is 0 Å². The normalized spacial score (nSPS) is 11.6. The Labute approximate surface area is 131 Å². The fourth-order valence-corrected chi connectivity index (χ4v) is 2.43. The van der Waals surface area contributed by atoms with E-state index >= 15 is 0 Å². The molecule has 21 heavy (non-hydrogen) atoms. The van der Waals surface area contributed by atoms with Crippen molar-refractivity contribution in [2.24, 2.45) is 5.10 Å². The first-order valence-electron chi connectivity index (χ1n) is 6.24. The highest BCUT2D eigenvalue weighted by molar-refractivity contribution is 6.35. The summed E-state index contributed by atoms with van der Waals surface area (Å²) in [6.45, 7) is 3.85. The molecule has 7 heteroatoms. The lowest BCUT2D eigenvalue weighted by Gasteiger charge is -1.99. The van der Waals surface area contributed by atoms with Gasteiger partial charge in [0.05, 0.1) is 6.21 Å². The van der Waals surface area contributed by atoms with E-state index in [-0.39, 0.29) is 10.4 Å². The molecule has 0 aliphatic heterocycles. The number of nitrogens with zero attached hydrogens (tertiary/aromatic N) is 5. The second kappa shape index (κ2) is 5.42. The van der Waals surface area contributed by atoms with E-state index in [4.69, 9.17) is 23.2 Å². The summed E-state index contributed by atoms with van der Waals surface area (Å²) in [6.07, 6.45) is 1.74. The van der Waals surface area contributed by atoms with Gasteiger partial charge < -0.3 is 0 Å². The largest absolute Gasteiger partial charge is 0.226 e. The fourth-order valence-electron chi connectivity index (χ4n) is 2.01. The Hall–Kier alpha value is -1.98.